The lowest BCUT2D eigenvalue weighted by Crippen LogP contribution is -2.20. The summed E-state index contributed by atoms with van der Waals surface area (Å²) >= 11 is 0. The normalized spacial score (nSPS) is 16.2. The number of nitrogens with one attached hydrogen (secondary N) is 1. The third kappa shape index (κ3) is 2.83. The number of carbonyl (C=O) groups excluding carboxylic acids is 1. The molecule has 1 unspecified atom stereocenters. The number of hydrogen-bond acceptors (Lipinski definition) is 5. The second-order valence-electron chi connectivity index (χ2n) is 7.25. The van der Waals surface area contributed by atoms with E-state index in [1.165, 1.54) is 5.39 Å². The number of benzene rings is 2. The molecule has 0 bridgehead atoms. The van der Waals surface area contributed by atoms with Gasteiger partial charge in [0, 0.05) is 24.5 Å². The maximum Gasteiger partial charge on any atom is 0.250 e. The molecule has 2 aromatic heterocycles. The molecule has 0 saturated heterocycles. The van der Waals surface area contributed by atoms with Gasteiger partial charge in [0.2, 0.25) is 0 Å². The van der Waals surface area contributed by atoms with E-state index < -0.39 is 0 Å². The number of Topliss-reactive ketones (excluding diaryl/α,β-unsaturated/α-hetero) is 1. The molecule has 5 rings (SSSR count). The molecule has 0 saturated carbocycles. The molecule has 4 aromatic rings. The fourth-order valence-corrected chi connectivity index (χ4v) is 3.81. The van der Waals surface area contributed by atoms with Gasteiger partial charge < -0.3 is 5.32 Å². The van der Waals surface area contributed by atoms with Crippen LogP contribution in [0.3, 0.4) is 0 Å². The van der Waals surface area contributed by atoms with Crippen LogP contribution in [-0.2, 0) is 6.42 Å². The topological polar surface area (TPSA) is 72.7 Å². The van der Waals surface area contributed by atoms with E-state index >= 15 is 0 Å². The molecule has 0 radical (unpaired) electrons. The van der Waals surface area contributed by atoms with E-state index in [0.29, 0.717) is 23.8 Å². The Bertz CT molecular complexity index is 1180. The van der Waals surface area contributed by atoms with Gasteiger partial charge in [-0.25, -0.2) is 14.6 Å². The predicted molar refractivity (Wildman–Crippen MR) is 108 cm³/mol. The standard InChI is InChI=1S/C22H19N5O/c1-14-11-18-20(19(28)12-14)21(26-27(18)22-23-9-4-10-24-22)25-17-8-7-15-5-2-3-6-16(15)13-17/h2-10,13-14H,11-12H2,1H3,(H,25,26). The van der Waals surface area contributed by atoms with E-state index in [4.69, 9.17) is 0 Å². The Morgan fingerprint density at radius 1 is 1.00 bits per heavy atom. The van der Waals surface area contributed by atoms with Gasteiger partial charge in [0.25, 0.3) is 5.95 Å². The molecular formula is C22H19N5O. The summed E-state index contributed by atoms with van der Waals surface area (Å²) in [5.41, 5.74) is 2.42. The van der Waals surface area contributed by atoms with E-state index in [1.807, 2.05) is 18.2 Å². The van der Waals surface area contributed by atoms with Gasteiger partial charge >= 0.3 is 0 Å². The van der Waals surface area contributed by atoms with Crippen molar-refractivity contribution in [1.29, 1.82) is 0 Å². The Morgan fingerprint density at radius 3 is 2.61 bits per heavy atom. The first-order valence-corrected chi connectivity index (χ1v) is 9.37. The lowest BCUT2D eigenvalue weighted by molar-refractivity contribution is 0.0953. The summed E-state index contributed by atoms with van der Waals surface area (Å²) in [5.74, 6) is 1.42. The molecule has 1 aliphatic rings. The fourth-order valence-electron chi connectivity index (χ4n) is 3.81. The van der Waals surface area contributed by atoms with Crippen LogP contribution < -0.4 is 5.32 Å². The Morgan fingerprint density at radius 2 is 1.79 bits per heavy atom. The van der Waals surface area contributed by atoms with Crippen LogP contribution >= 0.6 is 0 Å². The van der Waals surface area contributed by atoms with Gasteiger partial charge in [0.1, 0.15) is 0 Å². The molecule has 2 aromatic carbocycles. The van der Waals surface area contributed by atoms with Gasteiger partial charge in [-0.15, -0.1) is 5.10 Å². The third-order valence-electron chi connectivity index (χ3n) is 5.09. The van der Waals surface area contributed by atoms with Crippen molar-refractivity contribution in [2.24, 2.45) is 5.92 Å². The van der Waals surface area contributed by atoms with Crippen LogP contribution in [0.15, 0.2) is 60.9 Å². The van der Waals surface area contributed by atoms with Crippen molar-refractivity contribution in [3.8, 4) is 5.95 Å². The monoisotopic (exact) mass is 369 g/mol. The average molecular weight is 369 g/mol. The number of anilines is 2. The van der Waals surface area contributed by atoms with Crippen LogP contribution in [0.2, 0.25) is 0 Å². The quantitative estimate of drug-likeness (QED) is 0.582. The lowest BCUT2D eigenvalue weighted by Gasteiger charge is -2.18. The Hall–Kier alpha value is -3.54. The zero-order chi connectivity index (χ0) is 19.1. The van der Waals surface area contributed by atoms with Gasteiger partial charge in [-0.2, -0.15) is 0 Å². The van der Waals surface area contributed by atoms with E-state index in [-0.39, 0.29) is 11.7 Å². The molecule has 0 amide bonds. The zero-order valence-electron chi connectivity index (χ0n) is 15.5. The Kier molecular flexibility index (Phi) is 3.90. The summed E-state index contributed by atoms with van der Waals surface area (Å²) in [6.07, 6.45) is 4.66. The summed E-state index contributed by atoms with van der Waals surface area (Å²) in [7, 11) is 0. The van der Waals surface area contributed by atoms with Gasteiger partial charge in [0.05, 0.1) is 11.3 Å². The van der Waals surface area contributed by atoms with Gasteiger partial charge in [-0.1, -0.05) is 37.3 Å². The van der Waals surface area contributed by atoms with Crippen LogP contribution in [0.1, 0.15) is 29.4 Å². The van der Waals surface area contributed by atoms with Gasteiger partial charge in [-0.3, -0.25) is 4.79 Å². The van der Waals surface area contributed by atoms with Crippen molar-refractivity contribution in [2.45, 2.75) is 19.8 Å². The SMILES string of the molecule is CC1CC(=O)c2c(Nc3ccc4ccccc4c3)nn(-c3ncccn3)c2C1. The number of ketones is 1. The average Bonchev–Trinajstić information content (AvgIpc) is 3.07. The van der Waals surface area contributed by atoms with Crippen molar-refractivity contribution in [3.05, 3.63) is 72.2 Å². The van der Waals surface area contributed by atoms with Crippen molar-refractivity contribution < 1.29 is 4.79 Å². The van der Waals surface area contributed by atoms with Crippen molar-refractivity contribution in [2.75, 3.05) is 5.32 Å². The first-order chi connectivity index (χ1) is 13.7. The Balaban J connectivity index is 1.61. The van der Waals surface area contributed by atoms with Crippen molar-refractivity contribution in [3.63, 3.8) is 0 Å². The highest BCUT2D eigenvalue weighted by molar-refractivity contribution is 6.03. The molecule has 2 heterocycles. The van der Waals surface area contributed by atoms with Crippen LogP contribution in [0, 0.1) is 5.92 Å². The molecule has 6 heteroatoms. The summed E-state index contributed by atoms with van der Waals surface area (Å²) in [6, 6.07) is 16.1. The molecule has 0 fully saturated rings. The van der Waals surface area contributed by atoms with Crippen LogP contribution in [0.25, 0.3) is 16.7 Å². The van der Waals surface area contributed by atoms with E-state index in [9.17, 15) is 4.79 Å². The van der Waals surface area contributed by atoms with Crippen molar-refractivity contribution >= 4 is 28.1 Å². The minimum absolute atomic E-state index is 0.110. The van der Waals surface area contributed by atoms with E-state index in [0.717, 1.165) is 23.2 Å². The number of carbonyl (C=O) groups is 1. The molecule has 6 nitrogen and oxygen atoms in total. The largest absolute Gasteiger partial charge is 0.338 e. The molecule has 1 atom stereocenters. The molecule has 0 aliphatic heterocycles. The molecule has 1 N–H and O–H groups in total. The van der Waals surface area contributed by atoms with Crippen LogP contribution in [0.5, 0.6) is 0 Å². The third-order valence-corrected chi connectivity index (χ3v) is 5.09. The van der Waals surface area contributed by atoms with Crippen molar-refractivity contribution in [1.82, 2.24) is 19.7 Å². The minimum Gasteiger partial charge on any atom is -0.338 e. The van der Waals surface area contributed by atoms with E-state index in [2.05, 4.69) is 51.6 Å². The predicted octanol–water partition coefficient (Wildman–Crippen LogP) is 4.32. The minimum atomic E-state index is 0.110. The first-order valence-electron chi connectivity index (χ1n) is 9.37. The lowest BCUT2D eigenvalue weighted by atomic mass is 9.88. The summed E-state index contributed by atoms with van der Waals surface area (Å²) in [4.78, 5) is 21.5. The van der Waals surface area contributed by atoms with Crippen LogP contribution in [-0.4, -0.2) is 25.5 Å². The molecule has 1 aliphatic carbocycles. The molecule has 0 spiro atoms. The highest BCUT2D eigenvalue weighted by atomic mass is 16.1. The van der Waals surface area contributed by atoms with Gasteiger partial charge in [-0.05, 0) is 41.3 Å². The number of fused-ring (bicyclic) bond motifs is 2. The highest BCUT2D eigenvalue weighted by Gasteiger charge is 2.31. The fraction of sp³-hybridized carbons (Fsp3) is 0.182. The maximum atomic E-state index is 12.8. The van der Waals surface area contributed by atoms with Gasteiger partial charge in [0.15, 0.2) is 11.6 Å². The summed E-state index contributed by atoms with van der Waals surface area (Å²) in [6.45, 7) is 2.08. The second kappa shape index (κ2) is 6.56. The Labute approximate surface area is 162 Å². The number of aromatic nitrogens is 4. The zero-order valence-corrected chi connectivity index (χ0v) is 15.5. The first kappa shape index (κ1) is 16.6. The van der Waals surface area contributed by atoms with Crippen LogP contribution in [0.4, 0.5) is 11.5 Å². The second-order valence-corrected chi connectivity index (χ2v) is 7.25. The summed E-state index contributed by atoms with van der Waals surface area (Å²) < 4.78 is 1.70. The smallest absolute Gasteiger partial charge is 0.250 e. The molecule has 138 valence electrons. The number of hydrogen-bond donors (Lipinski definition) is 1. The maximum absolute atomic E-state index is 12.8. The summed E-state index contributed by atoms with van der Waals surface area (Å²) in [5, 5.41) is 10.3. The number of rotatable bonds is 3. The highest BCUT2D eigenvalue weighted by Crippen LogP contribution is 2.33. The van der Waals surface area contributed by atoms with E-state index in [1.54, 1.807) is 23.1 Å². The number of nitrogens with zero attached hydrogens (tertiary/aromatic N) is 4. The molecular weight excluding hydrogens is 350 g/mol. The molecule has 28 heavy (non-hydrogen) atoms.